The average Bonchev–Trinajstić information content (AvgIpc) is 2.75. The van der Waals surface area contributed by atoms with E-state index in [1.54, 1.807) is 0 Å². The third kappa shape index (κ3) is 4.12. The Morgan fingerprint density at radius 2 is 1.70 bits per heavy atom. The van der Waals surface area contributed by atoms with Crippen LogP contribution in [-0.4, -0.2) is 78.2 Å². The van der Waals surface area contributed by atoms with Crippen molar-refractivity contribution in [3.63, 3.8) is 0 Å². The lowest BCUT2D eigenvalue weighted by atomic mass is 9.95. The number of carbonyl (C=O) groups is 2. The molecule has 0 radical (unpaired) electrons. The molecule has 1 fully saturated rings. The van der Waals surface area contributed by atoms with Crippen molar-refractivity contribution in [1.82, 2.24) is 0 Å². The van der Waals surface area contributed by atoms with Gasteiger partial charge in [-0.1, -0.05) is 0 Å². The topological polar surface area (TPSA) is 203 Å². The molecule has 0 aromatic heterocycles. The SMILES string of the molecule is O=C1C[C@@H](c2cc(O)ccc2O)Oc2cc(O[C@@H]3O[C@H](C(=O)O)[C@@H](O)[C@H](O)[C@H]3O)cc(O)c21. The van der Waals surface area contributed by atoms with E-state index >= 15 is 0 Å². The minimum atomic E-state index is -1.91. The van der Waals surface area contributed by atoms with Crippen LogP contribution in [0.2, 0.25) is 0 Å². The summed E-state index contributed by atoms with van der Waals surface area (Å²) in [6.45, 7) is 0. The number of Topliss-reactive ketones (excluding diaryl/α,β-unsaturated/α-hetero) is 1. The number of carboxylic acid groups (broad SMARTS) is 1. The van der Waals surface area contributed by atoms with Gasteiger partial charge in [0.1, 0.15) is 58.7 Å². The van der Waals surface area contributed by atoms with Crippen molar-refractivity contribution in [1.29, 1.82) is 0 Å². The standard InChI is InChI=1S/C21H20O12/c22-7-1-2-10(23)9(3-7)13-6-12(25)15-11(24)4-8(5-14(15)32-13)31-21-18(28)16(26)17(27)19(33-21)20(29)30/h1-5,13,16-19,21-24,26-28H,6H2,(H,29,30)/t13-,16-,17-,18+,19-,21+/m0/s1. The number of benzene rings is 2. The Labute approximate surface area is 185 Å². The van der Waals surface area contributed by atoms with Gasteiger partial charge in [0, 0.05) is 17.7 Å². The lowest BCUT2D eigenvalue weighted by Crippen LogP contribution is -2.61. The molecule has 0 spiro atoms. The maximum atomic E-state index is 12.6. The second-order valence-corrected chi connectivity index (χ2v) is 7.65. The van der Waals surface area contributed by atoms with Crippen LogP contribution in [0.4, 0.5) is 0 Å². The number of aliphatic hydroxyl groups is 3. The van der Waals surface area contributed by atoms with Crippen molar-refractivity contribution in [2.45, 2.75) is 43.2 Å². The van der Waals surface area contributed by atoms with Crippen molar-refractivity contribution >= 4 is 11.8 Å². The van der Waals surface area contributed by atoms with E-state index in [4.69, 9.17) is 19.3 Å². The van der Waals surface area contributed by atoms with E-state index < -0.39 is 54.3 Å². The average molecular weight is 464 g/mol. The zero-order valence-electron chi connectivity index (χ0n) is 16.7. The maximum absolute atomic E-state index is 12.6. The van der Waals surface area contributed by atoms with E-state index in [2.05, 4.69) is 0 Å². The van der Waals surface area contributed by atoms with Crippen LogP contribution in [0.5, 0.6) is 28.7 Å². The lowest BCUT2D eigenvalue weighted by molar-refractivity contribution is -0.271. The van der Waals surface area contributed by atoms with Crippen LogP contribution in [0.1, 0.15) is 28.4 Å². The molecule has 6 atom stereocenters. The molecule has 2 aromatic rings. The van der Waals surface area contributed by atoms with Crippen LogP contribution in [0.15, 0.2) is 30.3 Å². The molecule has 0 amide bonds. The highest BCUT2D eigenvalue weighted by atomic mass is 16.7. The molecule has 2 heterocycles. The molecule has 0 unspecified atom stereocenters. The first kappa shape index (κ1) is 22.6. The Kier molecular flexibility index (Phi) is 5.76. The van der Waals surface area contributed by atoms with Gasteiger partial charge in [-0.15, -0.1) is 0 Å². The van der Waals surface area contributed by atoms with E-state index in [9.17, 15) is 40.2 Å². The molecule has 7 N–H and O–H groups in total. The number of hydrogen-bond donors (Lipinski definition) is 7. The van der Waals surface area contributed by atoms with Gasteiger partial charge >= 0.3 is 5.97 Å². The number of hydrogen-bond acceptors (Lipinski definition) is 11. The predicted octanol–water partition coefficient (Wildman–Crippen LogP) is -0.219. The summed E-state index contributed by atoms with van der Waals surface area (Å²) in [5.74, 6) is -3.40. The van der Waals surface area contributed by atoms with Crippen molar-refractivity contribution in [2.24, 2.45) is 0 Å². The lowest BCUT2D eigenvalue weighted by Gasteiger charge is -2.38. The number of aromatic hydroxyl groups is 3. The zero-order chi connectivity index (χ0) is 24.0. The Morgan fingerprint density at radius 1 is 0.970 bits per heavy atom. The molecule has 4 rings (SSSR count). The summed E-state index contributed by atoms with van der Waals surface area (Å²) in [5.41, 5.74) is -0.0329. The van der Waals surface area contributed by atoms with E-state index in [0.717, 1.165) is 6.07 Å². The summed E-state index contributed by atoms with van der Waals surface area (Å²) in [6, 6.07) is 5.88. The Morgan fingerprint density at radius 3 is 2.39 bits per heavy atom. The summed E-state index contributed by atoms with van der Waals surface area (Å²) < 4.78 is 16.2. The van der Waals surface area contributed by atoms with Crippen LogP contribution in [0.25, 0.3) is 0 Å². The first-order valence-corrected chi connectivity index (χ1v) is 9.74. The molecule has 12 heteroatoms. The molecule has 2 aliphatic rings. The van der Waals surface area contributed by atoms with E-state index in [-0.39, 0.29) is 40.5 Å². The molecular formula is C21H20O12. The first-order chi connectivity index (χ1) is 15.6. The van der Waals surface area contributed by atoms with Crippen molar-refractivity contribution in [2.75, 3.05) is 0 Å². The summed E-state index contributed by atoms with van der Waals surface area (Å²) in [5, 5.41) is 69.0. The highest BCUT2D eigenvalue weighted by molar-refractivity contribution is 6.02. The number of fused-ring (bicyclic) bond motifs is 1. The van der Waals surface area contributed by atoms with Gasteiger partial charge in [-0.2, -0.15) is 0 Å². The number of aliphatic carboxylic acids is 1. The minimum Gasteiger partial charge on any atom is -0.508 e. The molecule has 0 saturated carbocycles. The fraction of sp³-hybridized carbons (Fsp3) is 0.333. The second kappa shape index (κ2) is 8.41. The molecule has 33 heavy (non-hydrogen) atoms. The van der Waals surface area contributed by atoms with Crippen LogP contribution in [0, 0.1) is 0 Å². The normalized spacial score (nSPS) is 29.1. The van der Waals surface area contributed by atoms with Gasteiger partial charge in [0.2, 0.25) is 6.29 Å². The molecule has 176 valence electrons. The molecule has 2 aliphatic heterocycles. The van der Waals surface area contributed by atoms with Crippen LogP contribution in [-0.2, 0) is 9.53 Å². The van der Waals surface area contributed by atoms with Crippen molar-refractivity contribution < 1.29 is 59.5 Å². The van der Waals surface area contributed by atoms with Gasteiger partial charge in [-0.25, -0.2) is 4.79 Å². The summed E-state index contributed by atoms with van der Waals surface area (Å²) in [4.78, 5) is 23.9. The predicted molar refractivity (Wildman–Crippen MR) is 105 cm³/mol. The first-order valence-electron chi connectivity index (χ1n) is 9.74. The molecular weight excluding hydrogens is 444 g/mol. The number of phenolic OH excluding ortho intramolecular Hbond substituents is 3. The van der Waals surface area contributed by atoms with Crippen LogP contribution >= 0.6 is 0 Å². The van der Waals surface area contributed by atoms with Gasteiger partial charge in [0.05, 0.1) is 6.42 Å². The van der Waals surface area contributed by atoms with Crippen molar-refractivity contribution in [3.05, 3.63) is 41.5 Å². The van der Waals surface area contributed by atoms with Gasteiger partial charge in [-0.05, 0) is 18.2 Å². The van der Waals surface area contributed by atoms with Crippen molar-refractivity contribution in [3.8, 4) is 28.7 Å². The number of ketones is 1. The molecule has 2 aromatic carbocycles. The Hall–Kier alpha value is -3.58. The minimum absolute atomic E-state index is 0.132. The Balaban J connectivity index is 1.63. The zero-order valence-corrected chi connectivity index (χ0v) is 16.7. The molecule has 0 bridgehead atoms. The summed E-state index contributed by atoms with van der Waals surface area (Å²) in [7, 11) is 0. The quantitative estimate of drug-likeness (QED) is 0.294. The van der Waals surface area contributed by atoms with Crippen LogP contribution < -0.4 is 9.47 Å². The molecule has 12 nitrogen and oxygen atoms in total. The smallest absolute Gasteiger partial charge is 0.335 e. The van der Waals surface area contributed by atoms with Gasteiger partial charge in [0.15, 0.2) is 11.9 Å². The number of aliphatic hydroxyl groups excluding tert-OH is 3. The monoisotopic (exact) mass is 464 g/mol. The largest absolute Gasteiger partial charge is 0.508 e. The maximum Gasteiger partial charge on any atom is 0.335 e. The number of carbonyl (C=O) groups excluding carboxylic acids is 1. The highest BCUT2D eigenvalue weighted by Gasteiger charge is 2.48. The number of carboxylic acids is 1. The van der Waals surface area contributed by atoms with Gasteiger partial charge in [-0.3, -0.25) is 4.79 Å². The number of rotatable bonds is 4. The van der Waals surface area contributed by atoms with E-state index in [1.165, 1.54) is 24.3 Å². The molecule has 0 aliphatic carbocycles. The van der Waals surface area contributed by atoms with Gasteiger partial charge in [0.25, 0.3) is 0 Å². The summed E-state index contributed by atoms with van der Waals surface area (Å²) >= 11 is 0. The third-order valence-electron chi connectivity index (χ3n) is 5.40. The van der Waals surface area contributed by atoms with E-state index in [1.807, 2.05) is 0 Å². The van der Waals surface area contributed by atoms with Crippen LogP contribution in [0.3, 0.4) is 0 Å². The highest BCUT2D eigenvalue weighted by Crippen LogP contribution is 2.44. The number of phenols is 3. The second-order valence-electron chi connectivity index (χ2n) is 7.65. The molecule has 1 saturated heterocycles. The number of ether oxygens (including phenoxy) is 3. The van der Waals surface area contributed by atoms with E-state index in [0.29, 0.717) is 0 Å². The Bertz CT molecular complexity index is 1100. The fourth-order valence-corrected chi connectivity index (χ4v) is 3.74. The van der Waals surface area contributed by atoms with Gasteiger partial charge < -0.3 is 50.0 Å². The summed E-state index contributed by atoms with van der Waals surface area (Å²) in [6.07, 6.45) is -10.5. The fourth-order valence-electron chi connectivity index (χ4n) is 3.74. The third-order valence-corrected chi connectivity index (χ3v) is 5.40.